The molecule has 10 nitrogen and oxygen atoms in total. The number of alkyl halides is 3. The summed E-state index contributed by atoms with van der Waals surface area (Å²) in [6, 6.07) is 7.46. The number of esters is 1. The van der Waals surface area contributed by atoms with Crippen LogP contribution in [0.4, 0.5) is 23.7 Å². The highest BCUT2D eigenvalue weighted by atomic mass is 19.4. The summed E-state index contributed by atoms with van der Waals surface area (Å²) in [6.07, 6.45) is -5.52. The van der Waals surface area contributed by atoms with E-state index in [0.29, 0.717) is 12.1 Å². The lowest BCUT2D eigenvalue weighted by atomic mass is 9.85. The fraction of sp³-hybridized carbons (Fsp3) is 0.280. The van der Waals surface area contributed by atoms with E-state index in [9.17, 15) is 42.9 Å². The van der Waals surface area contributed by atoms with Gasteiger partial charge in [0, 0.05) is 19.5 Å². The molecule has 0 unspecified atom stereocenters. The molecule has 0 aliphatic rings. The molecule has 0 radical (unpaired) electrons. The van der Waals surface area contributed by atoms with Gasteiger partial charge in [-0.15, -0.1) is 0 Å². The number of rotatable bonds is 6. The molecule has 0 saturated carbocycles. The molecule has 2 aromatic rings. The van der Waals surface area contributed by atoms with Crippen molar-refractivity contribution in [1.29, 1.82) is 5.26 Å². The highest BCUT2D eigenvalue weighted by Crippen LogP contribution is 2.36. The van der Waals surface area contributed by atoms with Crippen molar-refractivity contribution in [2.75, 3.05) is 14.1 Å². The highest BCUT2D eigenvalue weighted by molar-refractivity contribution is 6.10. The van der Waals surface area contributed by atoms with Crippen LogP contribution in [0.25, 0.3) is 5.76 Å². The number of hydrogen-bond donors (Lipinski definition) is 0. The van der Waals surface area contributed by atoms with Gasteiger partial charge in [-0.25, -0.2) is 9.59 Å². The molecule has 0 bridgehead atoms. The van der Waals surface area contributed by atoms with Gasteiger partial charge >= 0.3 is 18.2 Å². The lowest BCUT2D eigenvalue weighted by Crippen LogP contribution is -2.25. The van der Waals surface area contributed by atoms with E-state index in [1.165, 1.54) is 34.9 Å². The molecule has 0 heterocycles. The van der Waals surface area contributed by atoms with E-state index in [0.717, 1.165) is 35.2 Å². The number of benzene rings is 2. The zero-order valence-corrected chi connectivity index (χ0v) is 20.9. The van der Waals surface area contributed by atoms with E-state index in [1.807, 2.05) is 0 Å². The Morgan fingerprint density at radius 2 is 1.61 bits per heavy atom. The van der Waals surface area contributed by atoms with Crippen LogP contribution in [0.15, 0.2) is 48.0 Å². The minimum absolute atomic E-state index is 0.256. The minimum Gasteiger partial charge on any atom is -0.420 e. The first-order valence-corrected chi connectivity index (χ1v) is 10.7. The van der Waals surface area contributed by atoms with Gasteiger partial charge in [0.25, 0.3) is 5.69 Å². The topological polar surface area (TPSA) is 140 Å². The van der Waals surface area contributed by atoms with Gasteiger partial charge in [-0.3, -0.25) is 14.9 Å². The lowest BCUT2D eigenvalue weighted by molar-refractivity contribution is -0.385. The summed E-state index contributed by atoms with van der Waals surface area (Å²) in [6.45, 7) is 4.38. The maximum Gasteiger partial charge on any atom is 0.416 e. The Kier molecular flexibility index (Phi) is 8.63. The molecule has 38 heavy (non-hydrogen) atoms. The summed E-state index contributed by atoms with van der Waals surface area (Å²) in [7, 11) is 2.76. The number of nitro benzene ring substituents is 1. The van der Waals surface area contributed by atoms with Crippen molar-refractivity contribution < 1.29 is 42.0 Å². The number of ketones is 1. The third-order valence-corrected chi connectivity index (χ3v) is 4.87. The summed E-state index contributed by atoms with van der Waals surface area (Å²) in [5.41, 5.74) is -4.60. The smallest absolute Gasteiger partial charge is 0.416 e. The maximum atomic E-state index is 13.0. The number of amides is 1. The maximum absolute atomic E-state index is 13.0. The average Bonchev–Trinajstić information content (AvgIpc) is 2.82. The van der Waals surface area contributed by atoms with E-state index in [-0.39, 0.29) is 11.3 Å². The second-order valence-electron chi connectivity index (χ2n) is 9.06. The third-order valence-electron chi connectivity index (χ3n) is 4.87. The lowest BCUT2D eigenvalue weighted by Gasteiger charge is -2.19. The van der Waals surface area contributed by atoms with Crippen molar-refractivity contribution in [3.8, 4) is 11.8 Å². The Morgan fingerprint density at radius 3 is 2.05 bits per heavy atom. The number of Topliss-reactive ketones (excluding diaryl/α,β-unsaturated/α-hetero) is 1. The number of allylic oxidation sites excluding steroid dienone is 1. The molecule has 0 aliphatic carbocycles. The van der Waals surface area contributed by atoms with Gasteiger partial charge in [-0.1, -0.05) is 20.8 Å². The Hall–Kier alpha value is -4.73. The van der Waals surface area contributed by atoms with Crippen LogP contribution in [0.1, 0.15) is 42.3 Å². The summed E-state index contributed by atoms with van der Waals surface area (Å²) in [4.78, 5) is 49.7. The standard InChI is InChI=1S/C25H22F3N3O7/c1-24(2,3)21(32)18(13-29)20(38-22(33)14-6-8-15(9-7-14)25(26,27)28)17-11-10-16(12-19(17)31(35)36)37-23(34)30(4)5/h6-12H,1-5H3. The second-order valence-corrected chi connectivity index (χ2v) is 9.06. The van der Waals surface area contributed by atoms with E-state index in [2.05, 4.69) is 0 Å². The zero-order valence-electron chi connectivity index (χ0n) is 20.9. The van der Waals surface area contributed by atoms with Crippen LogP contribution < -0.4 is 4.74 Å². The second kappa shape index (κ2) is 11.1. The van der Waals surface area contributed by atoms with Crippen molar-refractivity contribution in [1.82, 2.24) is 4.90 Å². The van der Waals surface area contributed by atoms with E-state index in [4.69, 9.17) is 9.47 Å². The monoisotopic (exact) mass is 533 g/mol. The van der Waals surface area contributed by atoms with Crippen LogP contribution in [0.3, 0.4) is 0 Å². The number of nitriles is 1. The van der Waals surface area contributed by atoms with Gasteiger partial charge in [0.2, 0.25) is 0 Å². The Labute approximate surface area is 215 Å². The quantitative estimate of drug-likeness (QED) is 0.120. The van der Waals surface area contributed by atoms with Crippen LogP contribution >= 0.6 is 0 Å². The molecule has 0 saturated heterocycles. The van der Waals surface area contributed by atoms with Crippen LogP contribution in [-0.4, -0.2) is 41.8 Å². The number of nitrogens with zero attached hydrogens (tertiary/aromatic N) is 3. The number of carbonyl (C=O) groups is 3. The first-order valence-electron chi connectivity index (χ1n) is 10.7. The van der Waals surface area contributed by atoms with Gasteiger partial charge < -0.3 is 14.4 Å². The summed E-state index contributed by atoms with van der Waals surface area (Å²) >= 11 is 0. The summed E-state index contributed by atoms with van der Waals surface area (Å²) in [5.74, 6) is -3.14. The van der Waals surface area contributed by atoms with Crippen LogP contribution in [-0.2, 0) is 15.7 Å². The van der Waals surface area contributed by atoms with E-state index in [1.54, 1.807) is 6.07 Å². The first kappa shape index (κ1) is 29.5. The summed E-state index contributed by atoms with van der Waals surface area (Å²) in [5, 5.41) is 21.7. The molecule has 2 rings (SSSR count). The van der Waals surface area contributed by atoms with Crippen molar-refractivity contribution in [3.63, 3.8) is 0 Å². The molecule has 0 N–H and O–H groups in total. The van der Waals surface area contributed by atoms with Crippen molar-refractivity contribution in [3.05, 3.63) is 74.8 Å². The van der Waals surface area contributed by atoms with Gasteiger partial charge in [0.15, 0.2) is 11.5 Å². The molecule has 1 amide bonds. The molecule has 0 aromatic heterocycles. The molecule has 13 heteroatoms. The third kappa shape index (κ3) is 6.94. The van der Waals surface area contributed by atoms with Crippen molar-refractivity contribution in [2.45, 2.75) is 26.9 Å². The molecule has 2 aromatic carbocycles. The fourth-order valence-corrected chi connectivity index (χ4v) is 2.88. The minimum atomic E-state index is -4.67. The Morgan fingerprint density at radius 1 is 1.03 bits per heavy atom. The predicted molar refractivity (Wildman–Crippen MR) is 127 cm³/mol. The van der Waals surface area contributed by atoms with E-state index < -0.39 is 62.5 Å². The molecule has 0 fully saturated rings. The molecule has 0 spiro atoms. The number of ether oxygens (including phenoxy) is 2. The average molecular weight is 533 g/mol. The largest absolute Gasteiger partial charge is 0.420 e. The Balaban J connectivity index is 2.71. The predicted octanol–water partition coefficient (Wildman–Crippen LogP) is 5.38. The number of nitro groups is 1. The van der Waals surface area contributed by atoms with E-state index >= 15 is 0 Å². The zero-order chi connectivity index (χ0) is 29.0. The van der Waals surface area contributed by atoms with Crippen LogP contribution in [0.5, 0.6) is 5.75 Å². The summed E-state index contributed by atoms with van der Waals surface area (Å²) < 4.78 is 48.9. The van der Waals surface area contributed by atoms with Crippen molar-refractivity contribution in [2.24, 2.45) is 5.41 Å². The van der Waals surface area contributed by atoms with Crippen molar-refractivity contribution >= 4 is 29.3 Å². The molecular formula is C25H22F3N3O7. The van der Waals surface area contributed by atoms with Gasteiger partial charge in [-0.05, 0) is 36.4 Å². The molecular weight excluding hydrogens is 511 g/mol. The fourth-order valence-electron chi connectivity index (χ4n) is 2.88. The normalized spacial score (nSPS) is 12.1. The number of hydrogen-bond acceptors (Lipinski definition) is 8. The first-order chi connectivity index (χ1) is 17.5. The van der Waals surface area contributed by atoms with Gasteiger partial charge in [-0.2, -0.15) is 18.4 Å². The van der Waals surface area contributed by atoms with Gasteiger partial charge in [0.05, 0.1) is 27.7 Å². The number of halogens is 3. The SMILES string of the molecule is CN(C)C(=O)Oc1ccc(C(OC(=O)c2ccc(C(F)(F)F)cc2)=C(C#N)C(=O)C(C)(C)C)c([N+](=O)[O-])c1. The molecule has 0 aliphatic heterocycles. The highest BCUT2D eigenvalue weighted by Gasteiger charge is 2.34. The van der Waals surface area contributed by atoms with Crippen LogP contribution in [0, 0.1) is 26.9 Å². The number of carbonyl (C=O) groups excluding carboxylic acids is 3. The van der Waals surface area contributed by atoms with Crippen LogP contribution in [0.2, 0.25) is 0 Å². The Bertz CT molecular complexity index is 1350. The molecule has 200 valence electrons. The van der Waals surface area contributed by atoms with Gasteiger partial charge in [0.1, 0.15) is 17.4 Å². The molecule has 0 atom stereocenters.